The molecule has 0 saturated carbocycles. The number of hydrazine groups is 1. The lowest BCUT2D eigenvalue weighted by atomic mass is 10.0. The van der Waals surface area contributed by atoms with Crippen molar-refractivity contribution >= 4 is 0 Å². The molecule has 2 aliphatic rings. The fraction of sp³-hybridized carbons (Fsp3) is 0.500. The van der Waals surface area contributed by atoms with Gasteiger partial charge in [0.15, 0.2) is 0 Å². The lowest BCUT2D eigenvalue weighted by molar-refractivity contribution is 0.266. The Morgan fingerprint density at radius 2 is 2.55 bits per heavy atom. The van der Waals surface area contributed by atoms with Gasteiger partial charge in [-0.2, -0.15) is 0 Å². The molecule has 3 nitrogen and oxygen atoms in total. The van der Waals surface area contributed by atoms with Crippen LogP contribution in [0, 0.1) is 0 Å². The predicted molar refractivity (Wildman–Crippen MR) is 44.3 cm³/mol. The minimum atomic E-state index is 0.457. The largest absolute Gasteiger partial charge is 0.383 e. The summed E-state index contributed by atoms with van der Waals surface area (Å²) in [7, 11) is 0. The zero-order chi connectivity index (χ0) is 7.68. The summed E-state index contributed by atoms with van der Waals surface area (Å²) in [5.74, 6) is 5.78. The van der Waals surface area contributed by atoms with Crippen LogP contribution in [0.3, 0.4) is 0 Å². The highest BCUT2D eigenvalue weighted by Crippen LogP contribution is 2.19. The van der Waals surface area contributed by atoms with E-state index in [2.05, 4.69) is 11.4 Å². The maximum Gasteiger partial charge on any atom is 0.0671 e. The number of nitrogens with two attached hydrogens (primary N) is 1. The molecule has 60 valence electrons. The topological polar surface area (TPSA) is 41.3 Å². The standard InChI is InChI=1S/C8H13N3/c9-11-6-2-3-7-8(11)4-1-5-10-7/h1,4-5,7,10H,2-3,6,9H2. The molecule has 0 amide bonds. The average molecular weight is 151 g/mol. The Labute approximate surface area is 66.5 Å². The highest BCUT2D eigenvalue weighted by Gasteiger charge is 2.22. The van der Waals surface area contributed by atoms with Gasteiger partial charge in [-0.15, -0.1) is 0 Å². The van der Waals surface area contributed by atoms with Gasteiger partial charge in [0.1, 0.15) is 0 Å². The van der Waals surface area contributed by atoms with E-state index in [0.29, 0.717) is 6.04 Å². The number of nitrogens with zero attached hydrogens (tertiary/aromatic N) is 1. The molecule has 0 radical (unpaired) electrons. The second-order valence-corrected chi connectivity index (χ2v) is 3.01. The predicted octanol–water partition coefficient (Wildman–Crippen LogP) is 0.325. The number of fused-ring (bicyclic) bond motifs is 1. The number of hydrogen-bond acceptors (Lipinski definition) is 3. The van der Waals surface area contributed by atoms with Crippen molar-refractivity contribution in [3.05, 3.63) is 24.0 Å². The molecule has 0 spiro atoms. The molecule has 2 aliphatic heterocycles. The second-order valence-electron chi connectivity index (χ2n) is 3.01. The molecular formula is C8H13N3. The Morgan fingerprint density at radius 3 is 3.36 bits per heavy atom. The van der Waals surface area contributed by atoms with E-state index in [1.807, 2.05) is 17.3 Å². The lowest BCUT2D eigenvalue weighted by Crippen LogP contribution is -2.46. The van der Waals surface area contributed by atoms with E-state index in [0.717, 1.165) is 6.54 Å². The highest BCUT2D eigenvalue weighted by atomic mass is 15.4. The Hall–Kier alpha value is -0.960. The van der Waals surface area contributed by atoms with Crippen LogP contribution in [0.2, 0.25) is 0 Å². The molecule has 2 heterocycles. The lowest BCUT2D eigenvalue weighted by Gasteiger charge is -2.35. The van der Waals surface area contributed by atoms with Crippen LogP contribution in [-0.2, 0) is 0 Å². The third-order valence-electron chi connectivity index (χ3n) is 2.24. The summed E-state index contributed by atoms with van der Waals surface area (Å²) >= 11 is 0. The van der Waals surface area contributed by atoms with Gasteiger partial charge < -0.3 is 10.3 Å². The van der Waals surface area contributed by atoms with Crippen molar-refractivity contribution < 1.29 is 0 Å². The minimum Gasteiger partial charge on any atom is -0.383 e. The summed E-state index contributed by atoms with van der Waals surface area (Å²) in [5.41, 5.74) is 1.22. The van der Waals surface area contributed by atoms with Crippen LogP contribution in [0.1, 0.15) is 12.8 Å². The van der Waals surface area contributed by atoms with Crippen LogP contribution < -0.4 is 11.2 Å². The zero-order valence-electron chi connectivity index (χ0n) is 6.46. The first-order chi connectivity index (χ1) is 5.38. The van der Waals surface area contributed by atoms with Gasteiger partial charge in [0.25, 0.3) is 0 Å². The molecule has 3 heteroatoms. The molecule has 11 heavy (non-hydrogen) atoms. The number of nitrogens with one attached hydrogen (secondary N) is 1. The zero-order valence-corrected chi connectivity index (χ0v) is 6.46. The van der Waals surface area contributed by atoms with E-state index >= 15 is 0 Å². The van der Waals surface area contributed by atoms with Crippen molar-refractivity contribution in [1.29, 1.82) is 0 Å². The normalized spacial score (nSPS) is 29.0. The van der Waals surface area contributed by atoms with Gasteiger partial charge in [0.05, 0.1) is 11.7 Å². The Balaban J connectivity index is 2.20. The maximum atomic E-state index is 5.78. The third-order valence-corrected chi connectivity index (χ3v) is 2.24. The van der Waals surface area contributed by atoms with E-state index in [1.165, 1.54) is 18.5 Å². The number of rotatable bonds is 0. The van der Waals surface area contributed by atoms with Gasteiger partial charge in [0.2, 0.25) is 0 Å². The van der Waals surface area contributed by atoms with Crippen LogP contribution in [0.25, 0.3) is 0 Å². The summed E-state index contributed by atoms with van der Waals surface area (Å²) in [4.78, 5) is 0. The first kappa shape index (κ1) is 6.73. The molecule has 0 aromatic rings. The van der Waals surface area contributed by atoms with Crippen molar-refractivity contribution in [2.75, 3.05) is 6.54 Å². The van der Waals surface area contributed by atoms with Crippen LogP contribution in [0.5, 0.6) is 0 Å². The molecule has 2 rings (SSSR count). The molecule has 0 aliphatic carbocycles. The fourth-order valence-electron chi connectivity index (χ4n) is 1.64. The first-order valence-electron chi connectivity index (χ1n) is 4.03. The first-order valence-corrected chi connectivity index (χ1v) is 4.03. The van der Waals surface area contributed by atoms with Gasteiger partial charge in [-0.3, -0.25) is 0 Å². The van der Waals surface area contributed by atoms with Crippen LogP contribution in [0.15, 0.2) is 24.0 Å². The van der Waals surface area contributed by atoms with E-state index < -0.39 is 0 Å². The van der Waals surface area contributed by atoms with Crippen molar-refractivity contribution in [3.63, 3.8) is 0 Å². The molecule has 1 fully saturated rings. The molecule has 0 bridgehead atoms. The van der Waals surface area contributed by atoms with Crippen LogP contribution in [0.4, 0.5) is 0 Å². The number of dihydropyridines is 1. The van der Waals surface area contributed by atoms with Gasteiger partial charge >= 0.3 is 0 Å². The van der Waals surface area contributed by atoms with Crippen molar-refractivity contribution in [1.82, 2.24) is 10.3 Å². The Bertz CT molecular complexity index is 207. The van der Waals surface area contributed by atoms with Crippen LogP contribution >= 0.6 is 0 Å². The smallest absolute Gasteiger partial charge is 0.0671 e. The van der Waals surface area contributed by atoms with Crippen molar-refractivity contribution in [3.8, 4) is 0 Å². The summed E-state index contributed by atoms with van der Waals surface area (Å²) in [6, 6.07) is 0.457. The molecule has 0 aromatic carbocycles. The van der Waals surface area contributed by atoms with Gasteiger partial charge in [-0.05, 0) is 31.2 Å². The molecule has 1 unspecified atom stereocenters. The number of hydrogen-bond donors (Lipinski definition) is 2. The maximum absolute atomic E-state index is 5.78. The third kappa shape index (κ3) is 1.12. The van der Waals surface area contributed by atoms with E-state index in [4.69, 9.17) is 5.84 Å². The van der Waals surface area contributed by atoms with Gasteiger partial charge in [0, 0.05) is 6.54 Å². The Morgan fingerprint density at radius 1 is 1.64 bits per heavy atom. The molecule has 0 aromatic heterocycles. The second kappa shape index (κ2) is 2.58. The Kier molecular flexibility index (Phi) is 1.58. The van der Waals surface area contributed by atoms with Crippen LogP contribution in [-0.4, -0.2) is 17.6 Å². The molecular weight excluding hydrogens is 138 g/mol. The SMILES string of the molecule is NN1CCCC2NC=CC=C21. The fourth-order valence-corrected chi connectivity index (χ4v) is 1.64. The van der Waals surface area contributed by atoms with Gasteiger partial charge in [-0.25, -0.2) is 5.84 Å². The minimum absolute atomic E-state index is 0.457. The van der Waals surface area contributed by atoms with E-state index in [9.17, 15) is 0 Å². The number of allylic oxidation sites excluding steroid dienone is 2. The molecule has 1 saturated heterocycles. The average Bonchev–Trinajstić information content (AvgIpc) is 2.06. The quantitative estimate of drug-likeness (QED) is 0.490. The van der Waals surface area contributed by atoms with Crippen molar-refractivity contribution in [2.45, 2.75) is 18.9 Å². The summed E-state index contributed by atoms with van der Waals surface area (Å²) < 4.78 is 0. The summed E-state index contributed by atoms with van der Waals surface area (Å²) in [5, 5.41) is 5.12. The number of piperidine rings is 1. The highest BCUT2D eigenvalue weighted by molar-refractivity contribution is 5.22. The molecule has 1 atom stereocenters. The monoisotopic (exact) mass is 151 g/mol. The summed E-state index contributed by atoms with van der Waals surface area (Å²) in [6.45, 7) is 0.984. The van der Waals surface area contributed by atoms with E-state index in [-0.39, 0.29) is 0 Å². The summed E-state index contributed by atoms with van der Waals surface area (Å²) in [6.07, 6.45) is 8.44. The van der Waals surface area contributed by atoms with E-state index in [1.54, 1.807) is 0 Å². The van der Waals surface area contributed by atoms with Gasteiger partial charge in [-0.1, -0.05) is 0 Å². The van der Waals surface area contributed by atoms with Crippen molar-refractivity contribution in [2.24, 2.45) is 5.84 Å². The molecule has 3 N–H and O–H groups in total.